The van der Waals surface area contributed by atoms with Gasteiger partial charge in [-0.1, -0.05) is 12.8 Å². The van der Waals surface area contributed by atoms with Crippen LogP contribution in [0.5, 0.6) is 0 Å². The van der Waals surface area contributed by atoms with Crippen molar-refractivity contribution in [2.45, 2.75) is 55.3 Å². The average Bonchev–Trinajstić information content (AvgIpc) is 2.94. The van der Waals surface area contributed by atoms with Crippen molar-refractivity contribution in [3.05, 3.63) is 17.0 Å². The van der Waals surface area contributed by atoms with Gasteiger partial charge in [0.05, 0.1) is 0 Å². The van der Waals surface area contributed by atoms with Crippen LogP contribution in [0.1, 0.15) is 44.1 Å². The smallest absolute Gasteiger partial charge is 0.250 e. The zero-order valence-corrected chi connectivity index (χ0v) is 13.2. The van der Waals surface area contributed by atoms with Crippen LogP contribution in [-0.4, -0.2) is 21.0 Å². The second-order valence-electron chi connectivity index (χ2n) is 5.93. The molecule has 1 aromatic rings. The van der Waals surface area contributed by atoms with Crippen molar-refractivity contribution in [3.63, 3.8) is 0 Å². The number of nitrogens with one attached hydrogen (secondary N) is 2. The minimum absolute atomic E-state index is 0.447. The highest BCUT2D eigenvalue weighted by Gasteiger charge is 2.22. The van der Waals surface area contributed by atoms with Gasteiger partial charge in [-0.25, -0.2) is 13.1 Å². The van der Waals surface area contributed by atoms with Crippen LogP contribution in [-0.2, 0) is 16.6 Å². The molecule has 3 rings (SSSR count). The zero-order valence-electron chi connectivity index (χ0n) is 11.6. The van der Waals surface area contributed by atoms with Crippen LogP contribution < -0.4 is 10.0 Å². The molecule has 2 fully saturated rings. The maximum absolute atomic E-state index is 12.2. The number of sulfonamides is 1. The summed E-state index contributed by atoms with van der Waals surface area (Å²) < 4.78 is 27.7. The van der Waals surface area contributed by atoms with Crippen LogP contribution in [0.2, 0.25) is 0 Å². The van der Waals surface area contributed by atoms with E-state index < -0.39 is 10.0 Å². The molecule has 2 N–H and O–H groups in total. The second-order valence-corrected chi connectivity index (χ2v) is 8.84. The molecule has 0 aliphatic heterocycles. The van der Waals surface area contributed by atoms with Crippen LogP contribution in [0.3, 0.4) is 0 Å². The van der Waals surface area contributed by atoms with E-state index in [1.165, 1.54) is 37.0 Å². The van der Waals surface area contributed by atoms with Gasteiger partial charge in [-0.2, -0.15) is 0 Å². The van der Waals surface area contributed by atoms with Crippen LogP contribution in [0.15, 0.2) is 15.7 Å². The molecule has 0 aromatic carbocycles. The Balaban J connectivity index is 1.55. The van der Waals surface area contributed by atoms with Crippen molar-refractivity contribution >= 4 is 21.4 Å². The second kappa shape index (κ2) is 6.13. The van der Waals surface area contributed by atoms with E-state index in [4.69, 9.17) is 0 Å². The fraction of sp³-hybridized carbons (Fsp3) is 0.714. The quantitative estimate of drug-likeness (QED) is 0.813. The van der Waals surface area contributed by atoms with Crippen molar-refractivity contribution in [2.24, 2.45) is 5.92 Å². The molecule has 1 aromatic heterocycles. The van der Waals surface area contributed by atoms with Crippen LogP contribution >= 0.6 is 11.3 Å². The predicted molar refractivity (Wildman–Crippen MR) is 81.3 cm³/mol. The minimum Gasteiger partial charge on any atom is -0.310 e. The molecule has 2 aliphatic carbocycles. The van der Waals surface area contributed by atoms with E-state index in [9.17, 15) is 8.42 Å². The standard InChI is InChI=1S/C14H22N2O2S2/c17-20(18,16-9-11-3-1-2-4-11)14-7-12(10-19-14)8-15-13-5-6-13/h7,10-11,13,15-16H,1-6,8-9H2. The molecule has 2 saturated carbocycles. The maximum atomic E-state index is 12.2. The Morgan fingerprint density at radius 3 is 2.65 bits per heavy atom. The Morgan fingerprint density at radius 1 is 1.20 bits per heavy atom. The molecule has 1 heterocycles. The molecular formula is C14H22N2O2S2. The molecule has 0 atom stereocenters. The van der Waals surface area contributed by atoms with E-state index in [1.54, 1.807) is 6.07 Å². The van der Waals surface area contributed by atoms with Crippen molar-refractivity contribution in [2.75, 3.05) is 6.54 Å². The summed E-state index contributed by atoms with van der Waals surface area (Å²) in [6.45, 7) is 1.37. The molecule has 0 saturated heterocycles. The van der Waals surface area contributed by atoms with Gasteiger partial charge >= 0.3 is 0 Å². The van der Waals surface area contributed by atoms with Crippen molar-refractivity contribution < 1.29 is 8.42 Å². The van der Waals surface area contributed by atoms with Crippen molar-refractivity contribution in [3.8, 4) is 0 Å². The SMILES string of the molecule is O=S(=O)(NCC1CCCC1)c1cc(CNC2CC2)cs1. The monoisotopic (exact) mass is 314 g/mol. The third kappa shape index (κ3) is 3.81. The Labute approximate surface area is 125 Å². The lowest BCUT2D eigenvalue weighted by Gasteiger charge is -2.09. The van der Waals surface area contributed by atoms with Gasteiger partial charge in [0, 0.05) is 19.1 Å². The highest BCUT2D eigenvalue weighted by atomic mass is 32.2. The van der Waals surface area contributed by atoms with E-state index >= 15 is 0 Å². The molecule has 20 heavy (non-hydrogen) atoms. The van der Waals surface area contributed by atoms with E-state index in [-0.39, 0.29) is 0 Å². The Bertz CT molecular complexity index is 543. The first kappa shape index (κ1) is 14.5. The maximum Gasteiger partial charge on any atom is 0.250 e. The predicted octanol–water partition coefficient (Wildman–Crippen LogP) is 2.47. The van der Waals surface area contributed by atoms with Crippen molar-refractivity contribution in [1.29, 1.82) is 0 Å². The summed E-state index contributed by atoms with van der Waals surface area (Å²) in [6.07, 6.45) is 7.29. The molecule has 4 nitrogen and oxygen atoms in total. The largest absolute Gasteiger partial charge is 0.310 e. The van der Waals surface area contributed by atoms with E-state index in [2.05, 4.69) is 10.0 Å². The van der Waals surface area contributed by atoms with Gasteiger partial charge in [-0.05, 0) is 48.6 Å². The first-order chi connectivity index (χ1) is 9.63. The number of hydrogen-bond acceptors (Lipinski definition) is 4. The summed E-state index contributed by atoms with van der Waals surface area (Å²) in [6, 6.07) is 2.45. The molecule has 6 heteroatoms. The third-order valence-electron chi connectivity index (χ3n) is 4.10. The van der Waals surface area contributed by atoms with Gasteiger partial charge in [0.2, 0.25) is 10.0 Å². The summed E-state index contributed by atoms with van der Waals surface area (Å²) in [7, 11) is -3.31. The molecule has 112 valence electrons. The lowest BCUT2D eigenvalue weighted by atomic mass is 10.1. The van der Waals surface area contributed by atoms with Crippen LogP contribution in [0, 0.1) is 5.92 Å². The number of rotatable bonds is 7. The lowest BCUT2D eigenvalue weighted by Crippen LogP contribution is -2.27. The van der Waals surface area contributed by atoms with Gasteiger partial charge in [-0.3, -0.25) is 0 Å². The number of thiophene rings is 1. The minimum atomic E-state index is -3.31. The Hall–Kier alpha value is -0.430. The summed E-state index contributed by atoms with van der Waals surface area (Å²) in [4.78, 5) is 0. The van der Waals surface area contributed by atoms with E-state index in [1.807, 2.05) is 5.38 Å². The van der Waals surface area contributed by atoms with Gasteiger partial charge in [0.25, 0.3) is 0 Å². The van der Waals surface area contributed by atoms with Gasteiger partial charge in [-0.15, -0.1) is 11.3 Å². The summed E-state index contributed by atoms with van der Waals surface area (Å²) in [5.74, 6) is 0.528. The average molecular weight is 314 g/mol. The number of hydrogen-bond donors (Lipinski definition) is 2. The first-order valence-electron chi connectivity index (χ1n) is 7.44. The molecule has 0 amide bonds. The Kier molecular flexibility index (Phi) is 4.45. The van der Waals surface area contributed by atoms with Crippen LogP contribution in [0.25, 0.3) is 0 Å². The fourth-order valence-corrected chi connectivity index (χ4v) is 5.02. The molecule has 0 radical (unpaired) electrons. The van der Waals surface area contributed by atoms with Crippen molar-refractivity contribution in [1.82, 2.24) is 10.0 Å². The van der Waals surface area contributed by atoms with Gasteiger partial charge < -0.3 is 5.32 Å². The topological polar surface area (TPSA) is 58.2 Å². The van der Waals surface area contributed by atoms with Gasteiger partial charge in [0.1, 0.15) is 4.21 Å². The fourth-order valence-electron chi connectivity index (χ4n) is 2.65. The molecular weight excluding hydrogens is 292 g/mol. The summed E-state index contributed by atoms with van der Waals surface area (Å²) in [5, 5.41) is 5.35. The molecule has 0 bridgehead atoms. The van der Waals surface area contributed by atoms with E-state index in [0.29, 0.717) is 22.7 Å². The third-order valence-corrected chi connectivity index (χ3v) is 7.02. The zero-order chi connectivity index (χ0) is 14.0. The summed E-state index contributed by atoms with van der Waals surface area (Å²) >= 11 is 1.32. The molecule has 0 spiro atoms. The molecule has 0 unspecified atom stereocenters. The lowest BCUT2D eigenvalue weighted by molar-refractivity contribution is 0.520. The Morgan fingerprint density at radius 2 is 1.95 bits per heavy atom. The highest BCUT2D eigenvalue weighted by molar-refractivity contribution is 7.91. The highest BCUT2D eigenvalue weighted by Crippen LogP contribution is 2.26. The molecule has 2 aliphatic rings. The normalized spacial score (nSPS) is 20.6. The summed E-state index contributed by atoms with van der Waals surface area (Å²) in [5.41, 5.74) is 1.07. The van der Waals surface area contributed by atoms with Gasteiger partial charge in [0.15, 0.2) is 0 Å². The van der Waals surface area contributed by atoms with E-state index in [0.717, 1.165) is 24.9 Å². The first-order valence-corrected chi connectivity index (χ1v) is 9.80. The van der Waals surface area contributed by atoms with Crippen LogP contribution in [0.4, 0.5) is 0 Å².